The predicted octanol–water partition coefficient (Wildman–Crippen LogP) is 6.99. The molecule has 232 valence electrons. The molecule has 1 atom stereocenters. The van der Waals surface area contributed by atoms with Crippen LogP contribution in [-0.2, 0) is 0 Å². The molecule has 4 N–H and O–H groups in total. The zero-order valence-corrected chi connectivity index (χ0v) is 27.1. The number of nitrogens with one attached hydrogen (secondary N) is 4. The van der Waals surface area contributed by atoms with E-state index in [1.165, 1.54) is 19.3 Å². The fourth-order valence-electron chi connectivity index (χ4n) is 6.90. The lowest BCUT2D eigenvalue weighted by Crippen LogP contribution is -2.69. The number of pyridine rings is 2. The fraction of sp³-hybridized carbons (Fsp3) is 0.400. The molecule has 0 unspecified atom stereocenters. The first-order valence-corrected chi connectivity index (χ1v) is 16.0. The van der Waals surface area contributed by atoms with Gasteiger partial charge in [0.2, 0.25) is 0 Å². The van der Waals surface area contributed by atoms with Gasteiger partial charge in [-0.1, -0.05) is 44.5 Å². The first-order chi connectivity index (χ1) is 21.5. The van der Waals surface area contributed by atoms with Gasteiger partial charge < -0.3 is 20.6 Å². The van der Waals surface area contributed by atoms with Crippen LogP contribution in [0.4, 0.5) is 11.4 Å². The van der Waals surface area contributed by atoms with E-state index in [9.17, 15) is 10.1 Å². The third-order valence-corrected chi connectivity index (χ3v) is 9.73. The van der Waals surface area contributed by atoms with Crippen LogP contribution >= 0.6 is 11.6 Å². The van der Waals surface area contributed by atoms with Crippen molar-refractivity contribution < 1.29 is 0 Å². The first-order valence-electron chi connectivity index (χ1n) is 15.7. The Morgan fingerprint density at radius 1 is 1.16 bits per heavy atom. The molecule has 0 saturated heterocycles. The highest BCUT2D eigenvalue weighted by atomic mass is 35.5. The highest BCUT2D eigenvalue weighted by molar-refractivity contribution is 6.35. The number of anilines is 2. The van der Waals surface area contributed by atoms with Crippen LogP contribution in [0.1, 0.15) is 77.1 Å². The Kier molecular flexibility index (Phi) is 6.99. The summed E-state index contributed by atoms with van der Waals surface area (Å²) < 4.78 is 1.77. The molecular formula is C35H39ClN8O. The van der Waals surface area contributed by atoms with E-state index in [-0.39, 0.29) is 28.6 Å². The molecule has 10 heteroatoms. The Morgan fingerprint density at radius 3 is 2.60 bits per heavy atom. The van der Waals surface area contributed by atoms with Crippen molar-refractivity contribution in [2.75, 3.05) is 17.2 Å². The number of hydrogen-bond acceptors (Lipinski definition) is 8. The molecule has 0 radical (unpaired) electrons. The summed E-state index contributed by atoms with van der Waals surface area (Å²) in [6.45, 7) is 11.1. The average molecular weight is 623 g/mol. The van der Waals surface area contributed by atoms with E-state index in [1.807, 2.05) is 50.4 Å². The summed E-state index contributed by atoms with van der Waals surface area (Å²) in [4.78, 5) is 18.1. The minimum Gasteiger partial charge on any atom is -0.383 e. The van der Waals surface area contributed by atoms with E-state index in [4.69, 9.17) is 11.6 Å². The Bertz CT molecular complexity index is 1950. The lowest BCUT2D eigenvalue weighted by atomic mass is 9.49. The third kappa shape index (κ3) is 5.06. The standard InChI is InChI=1S/C35H39ClN8O/c1-20(2)43-10-9-24-25(7-6-8-26(24)33(43)45)32(29-18-44(42-41-29)35-13-21(14-35)15-35)40-23-11-27-30(39-19-34(3,4)5)22(16-37)17-38-31(27)28(36)12-23/h6-12,17-18,20-21,32,40-42H,13-15,19H2,1-5H3,(H,38,39)/t21?,32-,35?/m0/s1. The Hall–Kier alpha value is -4.26. The Labute approximate surface area is 268 Å². The van der Waals surface area contributed by atoms with Crippen molar-refractivity contribution in [3.8, 4) is 6.07 Å². The molecule has 1 aliphatic heterocycles. The fourth-order valence-corrected chi connectivity index (χ4v) is 7.16. The molecule has 2 aromatic heterocycles. The second-order valence-corrected chi connectivity index (χ2v) is 14.7. The normalized spacial score (nSPS) is 21.2. The summed E-state index contributed by atoms with van der Waals surface area (Å²) >= 11 is 6.88. The number of hydrogen-bond donors (Lipinski definition) is 4. The summed E-state index contributed by atoms with van der Waals surface area (Å²) in [5, 5.41) is 22.2. The van der Waals surface area contributed by atoms with Gasteiger partial charge in [-0.25, -0.2) is 0 Å². The lowest BCUT2D eigenvalue weighted by molar-refractivity contribution is -0.141. The maximum atomic E-state index is 13.5. The van der Waals surface area contributed by atoms with Crippen LogP contribution in [0.5, 0.6) is 0 Å². The molecule has 3 saturated carbocycles. The summed E-state index contributed by atoms with van der Waals surface area (Å²) in [7, 11) is 0. The minimum absolute atomic E-state index is 0.00450. The zero-order chi connectivity index (χ0) is 31.7. The molecule has 3 fully saturated rings. The molecule has 2 bridgehead atoms. The van der Waals surface area contributed by atoms with Gasteiger partial charge >= 0.3 is 0 Å². The summed E-state index contributed by atoms with van der Waals surface area (Å²) in [5.74, 6) is 0.840. The number of hydrazine groups is 2. The third-order valence-electron chi connectivity index (χ3n) is 9.44. The molecule has 3 aliphatic carbocycles. The van der Waals surface area contributed by atoms with Crippen molar-refractivity contribution in [1.82, 2.24) is 25.5 Å². The second-order valence-electron chi connectivity index (χ2n) is 14.3. The molecule has 4 aromatic rings. The topological polar surface area (TPSA) is 110 Å². The van der Waals surface area contributed by atoms with Crippen molar-refractivity contribution in [2.45, 2.75) is 71.5 Å². The van der Waals surface area contributed by atoms with Gasteiger partial charge in [-0.15, -0.1) is 5.53 Å². The number of fused-ring (bicyclic) bond motifs is 2. The molecule has 0 amide bonds. The molecular weight excluding hydrogens is 584 g/mol. The number of halogens is 1. The number of rotatable bonds is 8. The smallest absolute Gasteiger partial charge is 0.258 e. The number of benzene rings is 2. The molecule has 2 aromatic carbocycles. The van der Waals surface area contributed by atoms with Crippen molar-refractivity contribution in [3.05, 3.63) is 87.2 Å². The van der Waals surface area contributed by atoms with Gasteiger partial charge in [0.05, 0.1) is 39.1 Å². The highest BCUT2D eigenvalue weighted by Crippen LogP contribution is 2.60. The van der Waals surface area contributed by atoms with Crippen LogP contribution in [0.15, 0.2) is 65.5 Å². The number of nitrogens with zero attached hydrogens (tertiary/aromatic N) is 4. The maximum absolute atomic E-state index is 13.5. The van der Waals surface area contributed by atoms with Gasteiger partial charge in [0.1, 0.15) is 6.07 Å². The Morgan fingerprint density at radius 2 is 1.93 bits per heavy atom. The van der Waals surface area contributed by atoms with Crippen molar-refractivity contribution in [2.24, 2.45) is 11.3 Å². The van der Waals surface area contributed by atoms with Crippen molar-refractivity contribution in [1.29, 1.82) is 5.26 Å². The van der Waals surface area contributed by atoms with Gasteiger partial charge in [-0.3, -0.25) is 14.8 Å². The second kappa shape index (κ2) is 10.7. The minimum atomic E-state index is -0.348. The Balaban J connectivity index is 1.35. The molecule has 3 heterocycles. The molecule has 9 nitrogen and oxygen atoms in total. The molecule has 45 heavy (non-hydrogen) atoms. The van der Waals surface area contributed by atoms with Gasteiger partial charge in [-0.2, -0.15) is 5.26 Å². The average Bonchev–Trinajstić information content (AvgIpc) is 3.41. The lowest BCUT2D eigenvalue weighted by Gasteiger charge is -2.64. The summed E-state index contributed by atoms with van der Waals surface area (Å²) in [6.07, 6.45) is 9.22. The summed E-state index contributed by atoms with van der Waals surface area (Å²) in [6, 6.07) is 13.8. The summed E-state index contributed by atoms with van der Waals surface area (Å²) in [5.41, 5.74) is 11.5. The van der Waals surface area contributed by atoms with E-state index in [2.05, 4.69) is 70.7 Å². The van der Waals surface area contributed by atoms with Gasteiger partial charge in [-0.05, 0) is 79.7 Å². The molecule has 0 spiro atoms. The van der Waals surface area contributed by atoms with Crippen LogP contribution in [-0.4, -0.2) is 26.6 Å². The van der Waals surface area contributed by atoms with E-state index in [0.29, 0.717) is 33.7 Å². The highest BCUT2D eigenvalue weighted by Gasteiger charge is 2.60. The van der Waals surface area contributed by atoms with Crippen LogP contribution in [0.2, 0.25) is 5.02 Å². The first kappa shape index (κ1) is 29.5. The maximum Gasteiger partial charge on any atom is 0.258 e. The number of aromatic nitrogens is 2. The van der Waals surface area contributed by atoms with E-state index < -0.39 is 0 Å². The number of nitriles is 1. The van der Waals surface area contributed by atoms with E-state index in [0.717, 1.165) is 33.6 Å². The molecule has 4 aliphatic rings. The van der Waals surface area contributed by atoms with Crippen LogP contribution in [0, 0.1) is 22.7 Å². The van der Waals surface area contributed by atoms with Crippen molar-refractivity contribution in [3.63, 3.8) is 0 Å². The van der Waals surface area contributed by atoms with Crippen LogP contribution < -0.4 is 27.2 Å². The van der Waals surface area contributed by atoms with Gasteiger partial charge in [0.15, 0.2) is 0 Å². The SMILES string of the molecule is CC(C)n1ccc2c([C@H](Nc3cc(Cl)c4ncc(C#N)c(NCC(C)(C)C)c4c3)C3=CN(C45CC(C4)C5)NN3)cccc2c1=O. The van der Waals surface area contributed by atoms with Gasteiger partial charge in [0, 0.05) is 47.6 Å². The predicted molar refractivity (Wildman–Crippen MR) is 181 cm³/mol. The molecule has 8 rings (SSSR count). The monoisotopic (exact) mass is 622 g/mol. The van der Waals surface area contributed by atoms with E-state index >= 15 is 0 Å². The quantitative estimate of drug-likeness (QED) is 0.167. The van der Waals surface area contributed by atoms with Crippen LogP contribution in [0.25, 0.3) is 21.7 Å². The zero-order valence-electron chi connectivity index (χ0n) is 26.3. The van der Waals surface area contributed by atoms with Gasteiger partial charge in [0.25, 0.3) is 5.56 Å². The van der Waals surface area contributed by atoms with Crippen LogP contribution in [0.3, 0.4) is 0 Å². The largest absolute Gasteiger partial charge is 0.383 e. The van der Waals surface area contributed by atoms with Crippen molar-refractivity contribution >= 4 is 44.7 Å². The van der Waals surface area contributed by atoms with E-state index in [1.54, 1.807) is 10.8 Å².